The molecule has 1 atom stereocenters. The second-order valence-corrected chi connectivity index (χ2v) is 14.5. The first-order valence-electron chi connectivity index (χ1n) is 16.9. The number of amides is 2. The zero-order chi connectivity index (χ0) is 35.1. The molecular weight excluding hydrogens is 643 g/mol. The van der Waals surface area contributed by atoms with Crippen molar-refractivity contribution in [2.24, 2.45) is 0 Å². The number of nitrogens with one attached hydrogen (secondary N) is 2. The smallest absolute Gasteiger partial charge is 0.253 e. The summed E-state index contributed by atoms with van der Waals surface area (Å²) in [5.41, 5.74) is 0.434. The van der Waals surface area contributed by atoms with Crippen LogP contribution in [-0.2, 0) is 9.53 Å². The fourth-order valence-corrected chi connectivity index (χ4v) is 6.55. The van der Waals surface area contributed by atoms with Gasteiger partial charge < -0.3 is 25.6 Å². The highest BCUT2D eigenvalue weighted by Crippen LogP contribution is 2.38. The molecular formula is C38H57N3O5S2. The maximum absolute atomic E-state index is 12.8. The minimum Gasteiger partial charge on any atom is -0.394 e. The molecule has 0 fully saturated rings. The number of aromatic nitrogens is 1. The van der Waals surface area contributed by atoms with Crippen molar-refractivity contribution >= 4 is 33.4 Å². The van der Waals surface area contributed by atoms with Gasteiger partial charge in [0.15, 0.2) is 0 Å². The van der Waals surface area contributed by atoms with Crippen LogP contribution in [0.3, 0.4) is 0 Å². The van der Waals surface area contributed by atoms with Gasteiger partial charge in [0.1, 0.15) is 6.10 Å². The molecule has 0 aliphatic carbocycles. The van der Waals surface area contributed by atoms with Gasteiger partial charge >= 0.3 is 0 Å². The predicted octanol–water partition coefficient (Wildman–Crippen LogP) is 7.30. The number of aliphatic hydroxyl groups excluding tert-OH is 2. The van der Waals surface area contributed by atoms with Crippen molar-refractivity contribution in [1.29, 1.82) is 0 Å². The first-order chi connectivity index (χ1) is 23.3. The van der Waals surface area contributed by atoms with Gasteiger partial charge in [-0.1, -0.05) is 101 Å². The molecule has 0 aromatic carbocycles. The highest BCUT2D eigenvalue weighted by atomic mass is 33.1. The van der Waals surface area contributed by atoms with E-state index in [4.69, 9.17) is 4.74 Å². The zero-order valence-electron chi connectivity index (χ0n) is 29.0. The van der Waals surface area contributed by atoms with Gasteiger partial charge in [-0.2, -0.15) is 0 Å². The Morgan fingerprint density at radius 2 is 1.46 bits per heavy atom. The molecule has 0 aliphatic heterocycles. The van der Waals surface area contributed by atoms with E-state index < -0.39 is 16.9 Å². The van der Waals surface area contributed by atoms with Gasteiger partial charge in [-0.3, -0.25) is 14.6 Å². The summed E-state index contributed by atoms with van der Waals surface area (Å²) in [6.07, 6.45) is 35.3. The maximum atomic E-state index is 12.8. The number of carbonyl (C=O) groups is 2. The molecule has 8 nitrogen and oxygen atoms in total. The predicted molar refractivity (Wildman–Crippen MR) is 204 cm³/mol. The Bertz CT molecular complexity index is 1160. The van der Waals surface area contributed by atoms with Gasteiger partial charge in [0.25, 0.3) is 5.91 Å². The summed E-state index contributed by atoms with van der Waals surface area (Å²) < 4.78 is 5.21. The standard InChI is InChI=1S/C38H57N3O5S2/c1-4-5-6-7-8-9-10-11-12-13-14-15-16-17-18-19-20-21-22-25-36(44)40-27-28-47-48-38(2,3)35(32-46-34(30-42)31-43)41-37(45)33-24-23-26-39-29-33/h5-6,8-9,11-12,14-15,17-18,20-21,23-24,26,29,34-35,42-43H,4,7,10,13,16,19,22,25,27-28,30-32H2,1-3H3,(H,40,44)(H,41,45)/b6-5-,9-8-,12-11-,15-14-,18-17-,21-20-/t35-/m1/s1. The Balaban J connectivity index is 2.25. The number of allylic oxidation sites excluding steroid dienone is 12. The molecule has 0 aliphatic rings. The zero-order valence-corrected chi connectivity index (χ0v) is 30.6. The molecule has 48 heavy (non-hydrogen) atoms. The van der Waals surface area contributed by atoms with Crippen molar-refractivity contribution in [3.63, 3.8) is 0 Å². The summed E-state index contributed by atoms with van der Waals surface area (Å²) in [5, 5.41) is 24.8. The van der Waals surface area contributed by atoms with E-state index in [1.54, 1.807) is 39.9 Å². The van der Waals surface area contributed by atoms with Gasteiger partial charge in [0, 0.05) is 35.9 Å². The topological polar surface area (TPSA) is 121 Å². The fraction of sp³-hybridized carbons (Fsp3) is 0.500. The average molecular weight is 700 g/mol. The van der Waals surface area contributed by atoms with Gasteiger partial charge in [0.2, 0.25) is 5.91 Å². The van der Waals surface area contributed by atoms with Crippen LogP contribution in [0, 0.1) is 0 Å². The number of carbonyl (C=O) groups excluding carboxylic acids is 2. The molecule has 0 bridgehead atoms. The third kappa shape index (κ3) is 22.6. The first kappa shape index (κ1) is 43.1. The number of rotatable bonds is 27. The van der Waals surface area contributed by atoms with Gasteiger partial charge in [-0.15, -0.1) is 0 Å². The lowest BCUT2D eigenvalue weighted by atomic mass is 10.0. The third-order valence-corrected chi connectivity index (χ3v) is 10.2. The molecule has 10 heteroatoms. The minimum absolute atomic E-state index is 0.0217. The number of pyridine rings is 1. The summed E-state index contributed by atoms with van der Waals surface area (Å²) in [5.74, 6) is 0.437. The van der Waals surface area contributed by atoms with Crippen LogP contribution in [0.25, 0.3) is 0 Å². The summed E-state index contributed by atoms with van der Waals surface area (Å²) in [6.45, 7) is 6.16. The summed E-state index contributed by atoms with van der Waals surface area (Å²) in [4.78, 5) is 29.1. The molecule has 1 aromatic rings. The highest BCUT2D eigenvalue weighted by molar-refractivity contribution is 8.77. The van der Waals surface area contributed by atoms with Crippen molar-refractivity contribution in [2.75, 3.05) is 32.1 Å². The third-order valence-electron chi connectivity index (χ3n) is 6.89. The van der Waals surface area contributed by atoms with Gasteiger partial charge in [-0.25, -0.2) is 0 Å². The lowest BCUT2D eigenvalue weighted by molar-refractivity contribution is -0.120. The number of hydrogen-bond acceptors (Lipinski definition) is 8. The maximum Gasteiger partial charge on any atom is 0.253 e. The monoisotopic (exact) mass is 699 g/mol. The average Bonchev–Trinajstić information content (AvgIpc) is 3.09. The first-order valence-corrected chi connectivity index (χ1v) is 19.2. The van der Waals surface area contributed by atoms with Gasteiger partial charge in [0.05, 0.1) is 31.4 Å². The van der Waals surface area contributed by atoms with Crippen LogP contribution in [0.2, 0.25) is 0 Å². The molecule has 266 valence electrons. The number of nitrogens with zero attached hydrogens (tertiary/aromatic N) is 1. The molecule has 0 spiro atoms. The summed E-state index contributed by atoms with van der Waals surface area (Å²) in [7, 11) is 3.19. The van der Waals surface area contributed by atoms with Crippen molar-refractivity contribution in [3.8, 4) is 0 Å². The van der Waals surface area contributed by atoms with E-state index in [2.05, 4.69) is 89.4 Å². The van der Waals surface area contributed by atoms with Crippen molar-refractivity contribution in [3.05, 3.63) is 103 Å². The second-order valence-electron chi connectivity index (χ2n) is 11.4. The molecule has 0 saturated heterocycles. The SMILES string of the molecule is CC/C=C\C/C=C\C/C=C\C/C=C\C/C=C\C/C=C\CCC(=O)NCCSSC(C)(C)[C@@H](COC(CO)CO)NC(=O)c1cccnc1. The molecule has 0 unspecified atom stereocenters. The Hall–Kier alpha value is -2.89. The largest absolute Gasteiger partial charge is 0.394 e. The van der Waals surface area contributed by atoms with Crippen LogP contribution in [0.5, 0.6) is 0 Å². The number of ether oxygens (including phenoxy) is 1. The van der Waals surface area contributed by atoms with E-state index in [-0.39, 0.29) is 31.6 Å². The van der Waals surface area contributed by atoms with Crippen LogP contribution in [0.4, 0.5) is 0 Å². The summed E-state index contributed by atoms with van der Waals surface area (Å²) >= 11 is 0. The van der Waals surface area contributed by atoms with E-state index in [1.807, 2.05) is 19.9 Å². The molecule has 1 rings (SSSR count). The van der Waals surface area contributed by atoms with Crippen LogP contribution in [-0.4, -0.2) is 76.0 Å². The molecule has 2 amide bonds. The Morgan fingerprint density at radius 1 is 0.896 bits per heavy atom. The van der Waals surface area contributed by atoms with E-state index in [1.165, 1.54) is 6.20 Å². The van der Waals surface area contributed by atoms with Crippen LogP contribution in [0.15, 0.2) is 97.4 Å². The minimum atomic E-state index is -0.723. The Labute approximate surface area is 296 Å². The molecule has 4 N–H and O–H groups in total. The fourth-order valence-electron chi connectivity index (χ4n) is 3.98. The molecule has 0 saturated carbocycles. The number of hydrogen-bond donors (Lipinski definition) is 4. The van der Waals surface area contributed by atoms with Crippen molar-refractivity contribution in [1.82, 2.24) is 15.6 Å². The normalized spacial score (nSPS) is 13.4. The lowest BCUT2D eigenvalue weighted by Crippen LogP contribution is -2.51. The van der Waals surface area contributed by atoms with Crippen LogP contribution >= 0.6 is 21.6 Å². The highest BCUT2D eigenvalue weighted by Gasteiger charge is 2.33. The van der Waals surface area contributed by atoms with E-state index in [0.29, 0.717) is 30.7 Å². The van der Waals surface area contributed by atoms with Crippen LogP contribution in [0.1, 0.15) is 82.5 Å². The Morgan fingerprint density at radius 3 is 1.98 bits per heavy atom. The second kappa shape index (κ2) is 29.1. The van der Waals surface area contributed by atoms with Crippen molar-refractivity contribution < 1.29 is 24.5 Å². The summed E-state index contributed by atoms with van der Waals surface area (Å²) in [6, 6.07) is 2.96. The van der Waals surface area contributed by atoms with E-state index in [0.717, 1.165) is 38.5 Å². The molecule has 1 aromatic heterocycles. The van der Waals surface area contributed by atoms with Crippen molar-refractivity contribution in [2.45, 2.75) is 89.0 Å². The molecule has 0 radical (unpaired) electrons. The molecule has 1 heterocycles. The van der Waals surface area contributed by atoms with Crippen LogP contribution < -0.4 is 10.6 Å². The quantitative estimate of drug-likeness (QED) is 0.0429. The van der Waals surface area contributed by atoms with E-state index in [9.17, 15) is 19.8 Å². The van der Waals surface area contributed by atoms with Gasteiger partial charge in [-0.05, 0) is 70.9 Å². The number of aliphatic hydroxyl groups is 2. The Kier molecular flexibility index (Phi) is 26.1. The lowest BCUT2D eigenvalue weighted by Gasteiger charge is -2.34. The van der Waals surface area contributed by atoms with E-state index >= 15 is 0 Å².